The van der Waals surface area contributed by atoms with E-state index in [1.165, 1.54) is 11.1 Å². The maximum Gasteiger partial charge on any atom is 0.179 e. The van der Waals surface area contributed by atoms with Crippen LogP contribution in [0.25, 0.3) is 0 Å². The van der Waals surface area contributed by atoms with Gasteiger partial charge in [-0.25, -0.2) is 0 Å². The first-order chi connectivity index (χ1) is 10.6. The summed E-state index contributed by atoms with van der Waals surface area (Å²) in [7, 11) is 3.19. The van der Waals surface area contributed by atoms with Crippen molar-refractivity contribution < 1.29 is 9.47 Å². The molecule has 2 aromatic carbocycles. The summed E-state index contributed by atoms with van der Waals surface area (Å²) in [5.74, 6) is 1.45. The Balaban J connectivity index is 2.28. The second kappa shape index (κ2) is 7.52. The van der Waals surface area contributed by atoms with Gasteiger partial charge in [-0.3, -0.25) is 0 Å². The van der Waals surface area contributed by atoms with Gasteiger partial charge in [0.05, 0.1) is 19.2 Å². The Hall–Kier alpha value is -1.71. The highest BCUT2D eigenvalue weighted by molar-refractivity contribution is 6.32. The average molecular weight is 320 g/mol. The molecule has 0 aliphatic carbocycles. The SMILES string of the molecule is COc1cc(CC(CN)c2ccc(C)cc2)cc(Cl)c1OC. The summed E-state index contributed by atoms with van der Waals surface area (Å²) in [5, 5.41) is 0.552. The maximum atomic E-state index is 6.27. The first-order valence-corrected chi connectivity index (χ1v) is 7.63. The lowest BCUT2D eigenvalue weighted by atomic mass is 9.91. The zero-order valence-corrected chi connectivity index (χ0v) is 14.0. The van der Waals surface area contributed by atoms with Crippen LogP contribution in [0, 0.1) is 6.92 Å². The van der Waals surface area contributed by atoms with Crippen molar-refractivity contribution in [3.05, 3.63) is 58.1 Å². The zero-order chi connectivity index (χ0) is 16.1. The van der Waals surface area contributed by atoms with Gasteiger partial charge in [0.15, 0.2) is 11.5 Å². The molecule has 2 aromatic rings. The van der Waals surface area contributed by atoms with Crippen LogP contribution >= 0.6 is 11.6 Å². The molecule has 0 fully saturated rings. The molecule has 0 bridgehead atoms. The van der Waals surface area contributed by atoms with E-state index < -0.39 is 0 Å². The highest BCUT2D eigenvalue weighted by Gasteiger charge is 2.15. The zero-order valence-electron chi connectivity index (χ0n) is 13.2. The smallest absolute Gasteiger partial charge is 0.179 e. The molecule has 2 rings (SSSR count). The quantitative estimate of drug-likeness (QED) is 0.876. The number of rotatable bonds is 6. The van der Waals surface area contributed by atoms with Crippen molar-refractivity contribution in [2.75, 3.05) is 20.8 Å². The van der Waals surface area contributed by atoms with Gasteiger partial charge in [-0.05, 0) is 43.1 Å². The fourth-order valence-corrected chi connectivity index (χ4v) is 2.86. The van der Waals surface area contributed by atoms with Crippen molar-refractivity contribution in [3.8, 4) is 11.5 Å². The van der Waals surface area contributed by atoms with Crippen molar-refractivity contribution in [1.29, 1.82) is 0 Å². The van der Waals surface area contributed by atoms with Crippen LogP contribution in [-0.4, -0.2) is 20.8 Å². The molecule has 0 amide bonds. The van der Waals surface area contributed by atoms with E-state index in [1.807, 2.05) is 12.1 Å². The molecule has 0 saturated heterocycles. The van der Waals surface area contributed by atoms with Gasteiger partial charge >= 0.3 is 0 Å². The van der Waals surface area contributed by atoms with Gasteiger partial charge in [0, 0.05) is 5.92 Å². The molecular formula is C18H22ClNO2. The van der Waals surface area contributed by atoms with Crippen LogP contribution < -0.4 is 15.2 Å². The van der Waals surface area contributed by atoms with E-state index in [0.29, 0.717) is 23.1 Å². The number of aryl methyl sites for hydroxylation is 1. The summed E-state index contributed by atoms with van der Waals surface area (Å²) < 4.78 is 10.6. The van der Waals surface area contributed by atoms with Crippen molar-refractivity contribution in [3.63, 3.8) is 0 Å². The van der Waals surface area contributed by atoms with E-state index in [0.717, 1.165) is 12.0 Å². The van der Waals surface area contributed by atoms with Crippen LogP contribution in [0.2, 0.25) is 5.02 Å². The Morgan fingerprint density at radius 3 is 2.32 bits per heavy atom. The molecule has 0 aliphatic heterocycles. The number of benzene rings is 2. The lowest BCUT2D eigenvalue weighted by Crippen LogP contribution is -2.15. The Labute approximate surface area is 137 Å². The Kier molecular flexibility index (Phi) is 5.69. The molecule has 4 heteroatoms. The lowest BCUT2D eigenvalue weighted by Gasteiger charge is -2.17. The minimum Gasteiger partial charge on any atom is -0.493 e. The van der Waals surface area contributed by atoms with E-state index in [-0.39, 0.29) is 5.92 Å². The molecule has 0 aromatic heterocycles. The summed E-state index contributed by atoms with van der Waals surface area (Å²) in [5.41, 5.74) is 9.53. The predicted octanol–water partition coefficient (Wildman–Crippen LogP) is 3.95. The van der Waals surface area contributed by atoms with Crippen molar-refractivity contribution in [2.45, 2.75) is 19.3 Å². The van der Waals surface area contributed by atoms with Crippen molar-refractivity contribution in [2.24, 2.45) is 5.73 Å². The van der Waals surface area contributed by atoms with E-state index in [2.05, 4.69) is 31.2 Å². The average Bonchev–Trinajstić information content (AvgIpc) is 2.53. The van der Waals surface area contributed by atoms with Crippen molar-refractivity contribution in [1.82, 2.24) is 0 Å². The van der Waals surface area contributed by atoms with E-state index in [9.17, 15) is 0 Å². The molecule has 0 heterocycles. The topological polar surface area (TPSA) is 44.5 Å². The predicted molar refractivity (Wildman–Crippen MR) is 91.2 cm³/mol. The monoisotopic (exact) mass is 319 g/mol. The van der Waals surface area contributed by atoms with E-state index >= 15 is 0 Å². The maximum absolute atomic E-state index is 6.27. The fraction of sp³-hybridized carbons (Fsp3) is 0.333. The highest BCUT2D eigenvalue weighted by Crippen LogP contribution is 2.37. The Morgan fingerprint density at radius 1 is 1.09 bits per heavy atom. The highest BCUT2D eigenvalue weighted by atomic mass is 35.5. The van der Waals surface area contributed by atoms with Crippen molar-refractivity contribution >= 4 is 11.6 Å². The first kappa shape index (κ1) is 16.7. The van der Waals surface area contributed by atoms with Gasteiger partial charge in [0.2, 0.25) is 0 Å². The third kappa shape index (κ3) is 3.73. The van der Waals surface area contributed by atoms with Gasteiger partial charge < -0.3 is 15.2 Å². The third-order valence-corrected chi connectivity index (χ3v) is 4.09. The fourth-order valence-electron chi connectivity index (χ4n) is 2.55. The first-order valence-electron chi connectivity index (χ1n) is 7.26. The molecule has 2 N–H and O–H groups in total. The van der Waals surface area contributed by atoms with Crippen LogP contribution in [0.15, 0.2) is 36.4 Å². The molecule has 22 heavy (non-hydrogen) atoms. The summed E-state index contributed by atoms with van der Waals surface area (Å²) in [6.45, 7) is 2.66. The molecule has 1 atom stereocenters. The molecule has 0 saturated carbocycles. The Morgan fingerprint density at radius 2 is 1.77 bits per heavy atom. The normalized spacial score (nSPS) is 12.0. The largest absolute Gasteiger partial charge is 0.493 e. The molecule has 1 unspecified atom stereocenters. The minimum absolute atomic E-state index is 0.245. The van der Waals surface area contributed by atoms with Crippen LogP contribution in [0.4, 0.5) is 0 Å². The van der Waals surface area contributed by atoms with Crippen LogP contribution in [0.1, 0.15) is 22.6 Å². The second-order valence-electron chi connectivity index (χ2n) is 5.36. The Bertz CT molecular complexity index is 626. The molecule has 0 aliphatic rings. The van der Waals surface area contributed by atoms with Gasteiger partial charge in [-0.1, -0.05) is 41.4 Å². The summed E-state index contributed by atoms with van der Waals surface area (Å²) in [4.78, 5) is 0. The van der Waals surface area contributed by atoms with Crippen LogP contribution in [0.3, 0.4) is 0 Å². The summed E-state index contributed by atoms with van der Waals surface area (Å²) >= 11 is 6.27. The number of hydrogen-bond acceptors (Lipinski definition) is 3. The third-order valence-electron chi connectivity index (χ3n) is 3.81. The standard InChI is InChI=1S/C18H22ClNO2/c1-12-4-6-14(7-5-12)15(11-20)8-13-9-16(19)18(22-3)17(10-13)21-2/h4-7,9-10,15H,8,11,20H2,1-3H3. The minimum atomic E-state index is 0.245. The van der Waals surface area contributed by atoms with E-state index in [1.54, 1.807) is 14.2 Å². The number of nitrogens with two attached hydrogens (primary N) is 1. The van der Waals surface area contributed by atoms with Gasteiger partial charge in [-0.2, -0.15) is 0 Å². The second-order valence-corrected chi connectivity index (χ2v) is 5.77. The number of methoxy groups -OCH3 is 2. The summed E-state index contributed by atoms with van der Waals surface area (Å²) in [6.07, 6.45) is 0.805. The lowest BCUT2D eigenvalue weighted by molar-refractivity contribution is 0.354. The summed E-state index contributed by atoms with van der Waals surface area (Å²) in [6, 6.07) is 12.4. The number of hydrogen-bond donors (Lipinski definition) is 1. The molecule has 3 nitrogen and oxygen atoms in total. The molecule has 118 valence electrons. The van der Waals surface area contributed by atoms with Crippen LogP contribution in [0.5, 0.6) is 11.5 Å². The number of halogens is 1. The van der Waals surface area contributed by atoms with E-state index in [4.69, 9.17) is 26.8 Å². The molecule has 0 radical (unpaired) electrons. The molecular weight excluding hydrogens is 298 g/mol. The molecule has 0 spiro atoms. The number of ether oxygens (including phenoxy) is 2. The van der Waals surface area contributed by atoms with Gasteiger partial charge in [0.25, 0.3) is 0 Å². The van der Waals surface area contributed by atoms with Gasteiger partial charge in [-0.15, -0.1) is 0 Å². The van der Waals surface area contributed by atoms with Gasteiger partial charge in [0.1, 0.15) is 0 Å². The van der Waals surface area contributed by atoms with Crippen LogP contribution in [-0.2, 0) is 6.42 Å².